The van der Waals surface area contributed by atoms with E-state index in [1.165, 1.54) is 41.5 Å². The zero-order chi connectivity index (χ0) is 26.7. The largest absolute Gasteiger partial charge is 0.457 e. The summed E-state index contributed by atoms with van der Waals surface area (Å²) in [6.45, 7) is 6.75. The normalized spacial score (nSPS) is 15.2. The van der Waals surface area contributed by atoms with Crippen LogP contribution in [-0.2, 0) is 5.41 Å². The van der Waals surface area contributed by atoms with Gasteiger partial charge in [0.25, 0.3) is 0 Å². The highest BCUT2D eigenvalue weighted by molar-refractivity contribution is 5.52. The molecule has 5 rings (SSSR count). The SMILES string of the molecule is CCC1CCC(c2ccc(Oc3ccc(N)cc3)cc2C)(c2ccc(Oc3ccc(N)cc3)cc2C)CC1. The summed E-state index contributed by atoms with van der Waals surface area (Å²) >= 11 is 0. The molecule has 4 nitrogen and oxygen atoms in total. The van der Waals surface area contributed by atoms with Gasteiger partial charge in [-0.1, -0.05) is 25.5 Å². The Morgan fingerprint density at radius 3 is 1.39 bits per heavy atom. The Morgan fingerprint density at radius 1 is 0.632 bits per heavy atom. The van der Waals surface area contributed by atoms with E-state index in [0.717, 1.165) is 53.1 Å². The molecule has 0 spiro atoms. The number of anilines is 2. The molecule has 1 saturated carbocycles. The van der Waals surface area contributed by atoms with Gasteiger partial charge in [0, 0.05) is 16.8 Å². The first kappa shape index (κ1) is 25.7. The molecule has 0 aliphatic heterocycles. The average molecular weight is 507 g/mol. The summed E-state index contributed by atoms with van der Waals surface area (Å²) < 4.78 is 12.3. The van der Waals surface area contributed by atoms with Crippen LogP contribution in [-0.4, -0.2) is 0 Å². The maximum atomic E-state index is 6.15. The van der Waals surface area contributed by atoms with E-state index in [0.29, 0.717) is 0 Å². The van der Waals surface area contributed by atoms with E-state index < -0.39 is 0 Å². The second-order valence-corrected chi connectivity index (χ2v) is 10.7. The molecular weight excluding hydrogens is 468 g/mol. The van der Waals surface area contributed by atoms with Gasteiger partial charge in [-0.2, -0.15) is 0 Å². The number of aryl methyl sites for hydroxylation is 2. The molecule has 0 aromatic heterocycles. The number of benzene rings is 4. The van der Waals surface area contributed by atoms with Crippen LogP contribution < -0.4 is 20.9 Å². The topological polar surface area (TPSA) is 70.5 Å². The lowest BCUT2D eigenvalue weighted by molar-refractivity contribution is 0.259. The van der Waals surface area contributed by atoms with Crippen LogP contribution in [0, 0.1) is 19.8 Å². The van der Waals surface area contributed by atoms with Crippen LogP contribution in [0.2, 0.25) is 0 Å². The molecule has 1 aliphatic carbocycles. The van der Waals surface area contributed by atoms with Crippen LogP contribution in [0.4, 0.5) is 11.4 Å². The van der Waals surface area contributed by atoms with Gasteiger partial charge in [-0.3, -0.25) is 0 Å². The highest BCUT2D eigenvalue weighted by atomic mass is 16.5. The molecule has 0 atom stereocenters. The molecule has 0 heterocycles. The summed E-state index contributed by atoms with van der Waals surface area (Å²) in [4.78, 5) is 0. The first-order valence-corrected chi connectivity index (χ1v) is 13.7. The summed E-state index contributed by atoms with van der Waals surface area (Å²) in [5, 5.41) is 0. The predicted molar refractivity (Wildman–Crippen MR) is 157 cm³/mol. The molecule has 1 fully saturated rings. The molecule has 1 aliphatic rings. The first-order valence-electron chi connectivity index (χ1n) is 13.7. The van der Waals surface area contributed by atoms with E-state index in [2.05, 4.69) is 57.2 Å². The summed E-state index contributed by atoms with van der Waals surface area (Å²) in [6, 6.07) is 28.2. The molecule has 0 bridgehead atoms. The van der Waals surface area contributed by atoms with Gasteiger partial charge in [-0.25, -0.2) is 0 Å². The molecule has 0 saturated heterocycles. The summed E-state index contributed by atoms with van der Waals surface area (Å²) in [6.07, 6.45) is 6.01. The predicted octanol–water partition coefficient (Wildman–Crippen LogP) is 8.94. The van der Waals surface area contributed by atoms with E-state index in [1.54, 1.807) is 0 Å². The Bertz CT molecular complexity index is 1290. The van der Waals surface area contributed by atoms with Gasteiger partial charge in [0.1, 0.15) is 23.0 Å². The lowest BCUT2D eigenvalue weighted by Gasteiger charge is -2.43. The van der Waals surface area contributed by atoms with Crippen molar-refractivity contribution < 1.29 is 9.47 Å². The van der Waals surface area contributed by atoms with Crippen molar-refractivity contribution in [3.63, 3.8) is 0 Å². The van der Waals surface area contributed by atoms with Gasteiger partial charge in [-0.05, 0) is 140 Å². The Hall–Kier alpha value is -3.92. The summed E-state index contributed by atoms with van der Waals surface area (Å²) in [5.41, 5.74) is 18.4. The summed E-state index contributed by atoms with van der Waals surface area (Å²) in [7, 11) is 0. The molecule has 4 aromatic carbocycles. The second-order valence-electron chi connectivity index (χ2n) is 10.7. The minimum Gasteiger partial charge on any atom is -0.457 e. The van der Waals surface area contributed by atoms with Crippen LogP contribution in [0.1, 0.15) is 61.3 Å². The molecule has 0 amide bonds. The van der Waals surface area contributed by atoms with Crippen molar-refractivity contribution in [2.75, 3.05) is 11.5 Å². The van der Waals surface area contributed by atoms with Crippen LogP contribution in [0.3, 0.4) is 0 Å². The van der Waals surface area contributed by atoms with E-state index in [9.17, 15) is 0 Å². The van der Waals surface area contributed by atoms with Gasteiger partial charge in [-0.15, -0.1) is 0 Å². The monoisotopic (exact) mass is 506 g/mol. The number of nitrogens with two attached hydrogens (primary N) is 2. The van der Waals surface area contributed by atoms with Crippen LogP contribution in [0.25, 0.3) is 0 Å². The minimum atomic E-state index is -0.0285. The Kier molecular flexibility index (Phi) is 7.33. The van der Waals surface area contributed by atoms with E-state index in [-0.39, 0.29) is 5.41 Å². The van der Waals surface area contributed by atoms with Crippen molar-refractivity contribution in [2.24, 2.45) is 5.92 Å². The van der Waals surface area contributed by atoms with E-state index in [1.807, 2.05) is 48.5 Å². The average Bonchev–Trinajstić information content (AvgIpc) is 2.92. The molecule has 4 aromatic rings. The highest BCUT2D eigenvalue weighted by Crippen LogP contribution is 2.50. The van der Waals surface area contributed by atoms with Crippen molar-refractivity contribution >= 4 is 11.4 Å². The standard InChI is InChI=1S/C34H38N2O2/c1-4-25-17-19-34(20-18-25,32-15-13-30(21-23(32)2)37-28-9-5-26(35)6-10-28)33-16-14-31(22-24(33)3)38-29-11-7-27(36)8-12-29/h5-16,21-22,25H,4,17-20,35-36H2,1-3H3. The van der Waals surface area contributed by atoms with Gasteiger partial charge < -0.3 is 20.9 Å². The van der Waals surface area contributed by atoms with Crippen molar-refractivity contribution in [1.29, 1.82) is 0 Å². The van der Waals surface area contributed by atoms with Crippen molar-refractivity contribution in [2.45, 2.75) is 58.3 Å². The molecule has 0 unspecified atom stereocenters. The Labute approximate surface area is 226 Å². The van der Waals surface area contributed by atoms with Crippen molar-refractivity contribution in [1.82, 2.24) is 0 Å². The van der Waals surface area contributed by atoms with E-state index in [4.69, 9.17) is 20.9 Å². The fraction of sp³-hybridized carbons (Fsp3) is 0.294. The molecule has 4 N–H and O–H groups in total. The van der Waals surface area contributed by atoms with Crippen molar-refractivity contribution in [3.8, 4) is 23.0 Å². The zero-order valence-corrected chi connectivity index (χ0v) is 22.7. The van der Waals surface area contributed by atoms with Gasteiger partial charge in [0.15, 0.2) is 0 Å². The van der Waals surface area contributed by atoms with E-state index >= 15 is 0 Å². The summed E-state index contributed by atoms with van der Waals surface area (Å²) in [5.74, 6) is 4.06. The number of hydrogen-bond donors (Lipinski definition) is 2. The molecule has 196 valence electrons. The fourth-order valence-corrected chi connectivity index (χ4v) is 6.08. The third-order valence-corrected chi connectivity index (χ3v) is 8.19. The number of hydrogen-bond acceptors (Lipinski definition) is 4. The van der Waals surface area contributed by atoms with Crippen LogP contribution in [0.5, 0.6) is 23.0 Å². The lowest BCUT2D eigenvalue weighted by atomic mass is 9.61. The number of nitrogen functional groups attached to an aromatic ring is 2. The van der Waals surface area contributed by atoms with Gasteiger partial charge in [0.2, 0.25) is 0 Å². The second kappa shape index (κ2) is 10.8. The first-order chi connectivity index (χ1) is 18.4. The molecule has 0 radical (unpaired) electrons. The molecular formula is C34H38N2O2. The quantitative estimate of drug-likeness (QED) is 0.245. The maximum absolute atomic E-state index is 6.15. The van der Waals surface area contributed by atoms with Gasteiger partial charge in [0.05, 0.1) is 0 Å². The minimum absolute atomic E-state index is 0.0285. The van der Waals surface area contributed by atoms with Gasteiger partial charge >= 0.3 is 0 Å². The molecule has 4 heteroatoms. The Morgan fingerprint density at radius 2 is 1.03 bits per heavy atom. The fourth-order valence-electron chi connectivity index (χ4n) is 6.08. The van der Waals surface area contributed by atoms with Crippen LogP contribution >= 0.6 is 0 Å². The molecule has 38 heavy (non-hydrogen) atoms. The number of ether oxygens (including phenoxy) is 2. The van der Waals surface area contributed by atoms with Crippen LogP contribution in [0.15, 0.2) is 84.9 Å². The van der Waals surface area contributed by atoms with Crippen molar-refractivity contribution in [3.05, 3.63) is 107 Å². The maximum Gasteiger partial charge on any atom is 0.127 e. The third-order valence-electron chi connectivity index (χ3n) is 8.19. The highest BCUT2D eigenvalue weighted by Gasteiger charge is 2.40. The Balaban J connectivity index is 1.47. The number of rotatable bonds is 7. The smallest absolute Gasteiger partial charge is 0.127 e. The zero-order valence-electron chi connectivity index (χ0n) is 22.7. The lowest BCUT2D eigenvalue weighted by Crippen LogP contribution is -2.34. The third kappa shape index (κ3) is 5.35.